The van der Waals surface area contributed by atoms with E-state index >= 15 is 0 Å². The first-order chi connectivity index (χ1) is 9.80. The molecule has 0 radical (unpaired) electrons. The summed E-state index contributed by atoms with van der Waals surface area (Å²) in [4.78, 5) is 4.74. The highest BCUT2D eigenvalue weighted by molar-refractivity contribution is 5.82. The molecular formula is C18H17NO. The molecule has 3 rings (SSSR count). The van der Waals surface area contributed by atoms with Gasteiger partial charge in [0, 0.05) is 10.9 Å². The number of methoxy groups -OCH3 is 1. The zero-order valence-corrected chi connectivity index (χ0v) is 11.8. The average Bonchev–Trinajstić information content (AvgIpc) is 2.54. The van der Waals surface area contributed by atoms with Crippen LogP contribution in [0.15, 0.2) is 54.6 Å². The number of benzene rings is 2. The van der Waals surface area contributed by atoms with E-state index in [0.717, 1.165) is 28.9 Å². The first-order valence-corrected chi connectivity index (χ1v) is 6.84. The summed E-state index contributed by atoms with van der Waals surface area (Å²) in [6.07, 6.45) is 1.05. The SMILES string of the molecule is CCc1ccc2nc(-c3ccc(OC)cc3)ccc2c1. The standard InChI is InChI=1S/C18H17NO/c1-3-13-4-10-18-15(12-13)7-11-17(19-18)14-5-8-16(20-2)9-6-14/h4-12H,3H2,1-2H3. The first-order valence-electron chi connectivity index (χ1n) is 6.84. The van der Waals surface area contributed by atoms with Crippen LogP contribution in [-0.2, 0) is 6.42 Å². The molecule has 0 aliphatic carbocycles. The quantitative estimate of drug-likeness (QED) is 0.695. The Labute approximate surface area is 119 Å². The Morgan fingerprint density at radius 3 is 2.45 bits per heavy atom. The third-order valence-corrected chi connectivity index (χ3v) is 3.55. The number of aromatic nitrogens is 1. The second kappa shape index (κ2) is 5.33. The Kier molecular flexibility index (Phi) is 3.38. The third-order valence-electron chi connectivity index (χ3n) is 3.55. The van der Waals surface area contributed by atoms with Crippen LogP contribution < -0.4 is 4.74 Å². The van der Waals surface area contributed by atoms with Gasteiger partial charge in [-0.15, -0.1) is 0 Å². The van der Waals surface area contributed by atoms with E-state index in [9.17, 15) is 0 Å². The number of fused-ring (bicyclic) bond motifs is 1. The molecule has 0 atom stereocenters. The summed E-state index contributed by atoms with van der Waals surface area (Å²) in [6, 6.07) is 18.7. The summed E-state index contributed by atoms with van der Waals surface area (Å²) in [5, 5.41) is 1.20. The van der Waals surface area contributed by atoms with Crippen LogP contribution in [0, 0.1) is 0 Å². The van der Waals surface area contributed by atoms with E-state index in [1.54, 1.807) is 7.11 Å². The van der Waals surface area contributed by atoms with Crippen LogP contribution in [0.4, 0.5) is 0 Å². The maximum Gasteiger partial charge on any atom is 0.118 e. The number of hydrogen-bond donors (Lipinski definition) is 0. The molecule has 1 aromatic heterocycles. The van der Waals surface area contributed by atoms with E-state index in [1.165, 1.54) is 10.9 Å². The van der Waals surface area contributed by atoms with Crippen LogP contribution >= 0.6 is 0 Å². The number of hydrogen-bond acceptors (Lipinski definition) is 2. The largest absolute Gasteiger partial charge is 0.497 e. The minimum absolute atomic E-state index is 0.863. The lowest BCUT2D eigenvalue weighted by molar-refractivity contribution is 0.415. The molecule has 0 N–H and O–H groups in total. The fraction of sp³-hybridized carbons (Fsp3) is 0.167. The number of pyridine rings is 1. The highest BCUT2D eigenvalue weighted by Gasteiger charge is 2.02. The Bertz CT molecular complexity index is 732. The van der Waals surface area contributed by atoms with Gasteiger partial charge in [-0.3, -0.25) is 0 Å². The molecule has 2 heteroatoms. The lowest BCUT2D eigenvalue weighted by Gasteiger charge is -2.06. The molecule has 0 saturated heterocycles. The molecule has 20 heavy (non-hydrogen) atoms. The number of nitrogens with zero attached hydrogens (tertiary/aromatic N) is 1. The van der Waals surface area contributed by atoms with Crippen molar-refractivity contribution >= 4 is 10.9 Å². The van der Waals surface area contributed by atoms with Gasteiger partial charge in [0.25, 0.3) is 0 Å². The second-order valence-corrected chi connectivity index (χ2v) is 4.81. The molecule has 0 unspecified atom stereocenters. The van der Waals surface area contributed by atoms with E-state index in [4.69, 9.17) is 9.72 Å². The van der Waals surface area contributed by atoms with E-state index < -0.39 is 0 Å². The molecule has 0 bridgehead atoms. The summed E-state index contributed by atoms with van der Waals surface area (Å²) < 4.78 is 5.18. The van der Waals surface area contributed by atoms with Gasteiger partial charge in [0.2, 0.25) is 0 Å². The maximum absolute atomic E-state index is 5.18. The fourth-order valence-electron chi connectivity index (χ4n) is 2.32. The minimum Gasteiger partial charge on any atom is -0.497 e. The van der Waals surface area contributed by atoms with Gasteiger partial charge in [-0.2, -0.15) is 0 Å². The molecule has 0 aliphatic heterocycles. The van der Waals surface area contributed by atoms with Crippen molar-refractivity contribution in [1.29, 1.82) is 0 Å². The Morgan fingerprint density at radius 2 is 1.75 bits per heavy atom. The van der Waals surface area contributed by atoms with Crippen molar-refractivity contribution in [2.75, 3.05) is 7.11 Å². The van der Waals surface area contributed by atoms with Crippen molar-refractivity contribution in [3.05, 3.63) is 60.2 Å². The average molecular weight is 263 g/mol. The van der Waals surface area contributed by atoms with E-state index in [2.05, 4.69) is 37.3 Å². The van der Waals surface area contributed by atoms with Gasteiger partial charge in [-0.25, -0.2) is 4.98 Å². The normalized spacial score (nSPS) is 10.7. The van der Waals surface area contributed by atoms with E-state index in [0.29, 0.717) is 0 Å². The monoisotopic (exact) mass is 263 g/mol. The van der Waals surface area contributed by atoms with E-state index in [-0.39, 0.29) is 0 Å². The van der Waals surface area contributed by atoms with Crippen molar-refractivity contribution in [3.63, 3.8) is 0 Å². The maximum atomic E-state index is 5.18. The predicted octanol–water partition coefficient (Wildman–Crippen LogP) is 4.47. The highest BCUT2D eigenvalue weighted by Crippen LogP contribution is 2.23. The molecule has 0 spiro atoms. The molecule has 1 heterocycles. The van der Waals surface area contributed by atoms with Crippen LogP contribution in [0.2, 0.25) is 0 Å². The van der Waals surface area contributed by atoms with Crippen LogP contribution in [0.5, 0.6) is 5.75 Å². The molecule has 2 aromatic carbocycles. The van der Waals surface area contributed by atoms with Gasteiger partial charge < -0.3 is 4.74 Å². The fourth-order valence-corrected chi connectivity index (χ4v) is 2.32. The molecule has 100 valence electrons. The predicted molar refractivity (Wildman–Crippen MR) is 83.1 cm³/mol. The topological polar surface area (TPSA) is 22.1 Å². The van der Waals surface area contributed by atoms with Crippen LogP contribution in [0.3, 0.4) is 0 Å². The Balaban J connectivity index is 2.03. The zero-order valence-electron chi connectivity index (χ0n) is 11.8. The summed E-state index contributed by atoms with van der Waals surface area (Å²) in [7, 11) is 1.68. The molecule has 0 saturated carbocycles. The molecule has 2 nitrogen and oxygen atoms in total. The lowest BCUT2D eigenvalue weighted by atomic mass is 10.1. The minimum atomic E-state index is 0.863. The van der Waals surface area contributed by atoms with Gasteiger partial charge in [-0.1, -0.05) is 19.1 Å². The molecule has 3 aromatic rings. The third kappa shape index (κ3) is 2.37. The van der Waals surface area contributed by atoms with Crippen LogP contribution in [0.25, 0.3) is 22.2 Å². The molecular weight excluding hydrogens is 246 g/mol. The first kappa shape index (κ1) is 12.7. The van der Waals surface area contributed by atoms with E-state index in [1.807, 2.05) is 24.3 Å². The van der Waals surface area contributed by atoms with Crippen LogP contribution in [-0.4, -0.2) is 12.1 Å². The highest BCUT2D eigenvalue weighted by atomic mass is 16.5. The molecule has 0 aliphatic rings. The number of aryl methyl sites for hydroxylation is 1. The molecule has 0 amide bonds. The molecule has 0 fully saturated rings. The van der Waals surface area contributed by atoms with Crippen molar-refractivity contribution in [1.82, 2.24) is 4.98 Å². The summed E-state index contributed by atoms with van der Waals surface area (Å²) in [5.41, 5.74) is 4.48. The van der Waals surface area contributed by atoms with Gasteiger partial charge in [0.05, 0.1) is 18.3 Å². The zero-order chi connectivity index (χ0) is 13.9. The van der Waals surface area contributed by atoms with Crippen molar-refractivity contribution < 1.29 is 4.74 Å². The van der Waals surface area contributed by atoms with Gasteiger partial charge >= 0.3 is 0 Å². The van der Waals surface area contributed by atoms with Crippen LogP contribution in [0.1, 0.15) is 12.5 Å². The smallest absolute Gasteiger partial charge is 0.118 e. The van der Waals surface area contributed by atoms with Crippen molar-refractivity contribution in [2.45, 2.75) is 13.3 Å². The van der Waals surface area contributed by atoms with Gasteiger partial charge in [0.15, 0.2) is 0 Å². The summed E-state index contributed by atoms with van der Waals surface area (Å²) >= 11 is 0. The lowest BCUT2D eigenvalue weighted by Crippen LogP contribution is -1.88. The summed E-state index contributed by atoms with van der Waals surface area (Å²) in [6.45, 7) is 2.17. The van der Waals surface area contributed by atoms with Gasteiger partial charge in [-0.05, 0) is 54.4 Å². The van der Waals surface area contributed by atoms with Gasteiger partial charge in [0.1, 0.15) is 5.75 Å². The Hall–Kier alpha value is -2.35. The summed E-state index contributed by atoms with van der Waals surface area (Å²) in [5.74, 6) is 0.863. The Morgan fingerprint density at radius 1 is 0.950 bits per heavy atom. The van der Waals surface area contributed by atoms with Crippen molar-refractivity contribution in [2.24, 2.45) is 0 Å². The number of rotatable bonds is 3. The number of ether oxygens (including phenoxy) is 1. The van der Waals surface area contributed by atoms with Crippen molar-refractivity contribution in [3.8, 4) is 17.0 Å². The second-order valence-electron chi connectivity index (χ2n) is 4.81.